The fourth-order valence-electron chi connectivity index (χ4n) is 1.25. The number of aromatic amines is 1. The lowest BCUT2D eigenvalue weighted by Crippen LogP contribution is -2.15. The summed E-state index contributed by atoms with van der Waals surface area (Å²) in [5, 5.41) is 0.551. The fourth-order valence-corrected chi connectivity index (χ4v) is 1.44. The maximum absolute atomic E-state index is 11.3. The molecule has 0 aliphatic carbocycles. The molecule has 0 unspecified atom stereocenters. The van der Waals surface area contributed by atoms with Crippen molar-refractivity contribution in [2.24, 2.45) is 0 Å². The number of halogens is 1. The molecule has 0 amide bonds. The highest BCUT2D eigenvalue weighted by Crippen LogP contribution is 2.20. The number of anilines is 1. The van der Waals surface area contributed by atoms with E-state index in [1.807, 2.05) is 0 Å². The zero-order chi connectivity index (χ0) is 10.1. The Morgan fingerprint density at radius 1 is 1.43 bits per heavy atom. The summed E-state index contributed by atoms with van der Waals surface area (Å²) in [4.78, 5) is 13.8. The van der Waals surface area contributed by atoms with Gasteiger partial charge in [-0.15, -0.1) is 0 Å². The van der Waals surface area contributed by atoms with E-state index in [0.717, 1.165) is 0 Å². The largest absolute Gasteiger partial charge is 0.397 e. The Labute approximate surface area is 84.9 Å². The smallest absolute Gasteiger partial charge is 0.330 e. The molecule has 72 valence electrons. The minimum atomic E-state index is -0.223. The average Bonchev–Trinajstić information content (AvgIpc) is 2.52. The Balaban J connectivity index is 2.63. The van der Waals surface area contributed by atoms with E-state index in [1.165, 1.54) is 4.57 Å². The van der Waals surface area contributed by atoms with Crippen LogP contribution in [0, 0.1) is 0 Å². The number of imidazole rings is 1. The Morgan fingerprint density at radius 3 is 2.79 bits per heavy atom. The van der Waals surface area contributed by atoms with E-state index >= 15 is 0 Å². The number of nitrogen functional groups attached to an aromatic ring is 1. The summed E-state index contributed by atoms with van der Waals surface area (Å²) < 4.78 is 1.42. The van der Waals surface area contributed by atoms with Crippen molar-refractivity contribution in [2.45, 2.75) is 0 Å². The van der Waals surface area contributed by atoms with Crippen LogP contribution in [0.3, 0.4) is 0 Å². The summed E-state index contributed by atoms with van der Waals surface area (Å²) in [5.41, 5.74) is 6.60. The standard InChI is InChI=1S/C9H8ClN3O/c10-6-1-2-8(7(11)5-6)13-4-3-12-9(13)14/h1-5H,11H2,(H,12,14). The molecule has 0 spiro atoms. The third kappa shape index (κ3) is 1.40. The highest BCUT2D eigenvalue weighted by molar-refractivity contribution is 6.30. The number of benzene rings is 1. The lowest BCUT2D eigenvalue weighted by molar-refractivity contribution is 0.990. The molecular weight excluding hydrogens is 202 g/mol. The van der Waals surface area contributed by atoms with Gasteiger partial charge in [0.2, 0.25) is 0 Å². The van der Waals surface area contributed by atoms with Crippen LogP contribution in [0.4, 0.5) is 5.69 Å². The summed E-state index contributed by atoms with van der Waals surface area (Å²) in [6.45, 7) is 0. The number of H-pyrrole nitrogens is 1. The molecule has 0 atom stereocenters. The van der Waals surface area contributed by atoms with Crippen LogP contribution < -0.4 is 11.4 Å². The SMILES string of the molecule is Nc1cc(Cl)ccc1-n1cc[nH]c1=O. The molecule has 5 heteroatoms. The first-order valence-electron chi connectivity index (χ1n) is 4.00. The molecule has 2 rings (SSSR count). The Kier molecular flexibility index (Phi) is 2.05. The summed E-state index contributed by atoms with van der Waals surface area (Å²) in [7, 11) is 0. The van der Waals surface area contributed by atoms with E-state index in [0.29, 0.717) is 16.4 Å². The molecule has 0 aliphatic heterocycles. The van der Waals surface area contributed by atoms with Gasteiger partial charge in [0.25, 0.3) is 0 Å². The van der Waals surface area contributed by atoms with E-state index in [9.17, 15) is 4.79 Å². The van der Waals surface area contributed by atoms with Crippen LogP contribution in [0.5, 0.6) is 0 Å². The number of aromatic nitrogens is 2. The molecular formula is C9H8ClN3O. The molecule has 0 fully saturated rings. The lowest BCUT2D eigenvalue weighted by Gasteiger charge is -2.04. The monoisotopic (exact) mass is 209 g/mol. The van der Waals surface area contributed by atoms with Crippen molar-refractivity contribution in [3.05, 3.63) is 46.1 Å². The van der Waals surface area contributed by atoms with Crippen molar-refractivity contribution in [1.82, 2.24) is 9.55 Å². The van der Waals surface area contributed by atoms with E-state index in [4.69, 9.17) is 17.3 Å². The summed E-state index contributed by atoms with van der Waals surface area (Å²) in [5.74, 6) is 0. The van der Waals surface area contributed by atoms with Crippen LogP contribution in [0.25, 0.3) is 5.69 Å². The van der Waals surface area contributed by atoms with Gasteiger partial charge in [-0.05, 0) is 18.2 Å². The van der Waals surface area contributed by atoms with E-state index < -0.39 is 0 Å². The molecule has 4 nitrogen and oxygen atoms in total. The summed E-state index contributed by atoms with van der Waals surface area (Å²) >= 11 is 5.74. The number of nitrogens with zero attached hydrogens (tertiary/aromatic N) is 1. The molecule has 0 saturated carbocycles. The molecule has 0 bridgehead atoms. The topological polar surface area (TPSA) is 63.8 Å². The number of nitrogens with one attached hydrogen (secondary N) is 1. The lowest BCUT2D eigenvalue weighted by atomic mass is 10.2. The van der Waals surface area contributed by atoms with Gasteiger partial charge >= 0.3 is 5.69 Å². The van der Waals surface area contributed by atoms with Crippen LogP contribution in [0.2, 0.25) is 5.02 Å². The third-order valence-electron chi connectivity index (χ3n) is 1.90. The van der Waals surface area contributed by atoms with Crippen LogP contribution in [-0.2, 0) is 0 Å². The minimum absolute atomic E-state index is 0.223. The second-order valence-electron chi connectivity index (χ2n) is 2.84. The molecule has 0 radical (unpaired) electrons. The fraction of sp³-hybridized carbons (Fsp3) is 0. The maximum atomic E-state index is 11.3. The van der Waals surface area contributed by atoms with Gasteiger partial charge in [0.15, 0.2) is 0 Å². The van der Waals surface area contributed by atoms with E-state index in [-0.39, 0.29) is 5.69 Å². The summed E-state index contributed by atoms with van der Waals surface area (Å²) in [6.07, 6.45) is 3.16. The second-order valence-corrected chi connectivity index (χ2v) is 3.27. The normalized spacial score (nSPS) is 10.4. The van der Waals surface area contributed by atoms with Crippen molar-refractivity contribution in [2.75, 3.05) is 5.73 Å². The Morgan fingerprint density at radius 2 is 2.21 bits per heavy atom. The van der Waals surface area contributed by atoms with Crippen LogP contribution >= 0.6 is 11.6 Å². The first-order chi connectivity index (χ1) is 6.68. The van der Waals surface area contributed by atoms with Gasteiger partial charge in [0, 0.05) is 17.4 Å². The first kappa shape index (κ1) is 8.90. The van der Waals surface area contributed by atoms with Crippen LogP contribution in [0.15, 0.2) is 35.4 Å². The maximum Gasteiger partial charge on any atom is 0.330 e. The third-order valence-corrected chi connectivity index (χ3v) is 2.13. The van der Waals surface area contributed by atoms with Gasteiger partial charge in [0.05, 0.1) is 11.4 Å². The van der Waals surface area contributed by atoms with Crippen molar-refractivity contribution in [1.29, 1.82) is 0 Å². The van der Waals surface area contributed by atoms with Gasteiger partial charge in [0.1, 0.15) is 0 Å². The van der Waals surface area contributed by atoms with Crippen molar-refractivity contribution in [3.63, 3.8) is 0 Å². The molecule has 3 N–H and O–H groups in total. The first-order valence-corrected chi connectivity index (χ1v) is 4.38. The molecule has 0 aliphatic rings. The van der Waals surface area contributed by atoms with Crippen molar-refractivity contribution >= 4 is 17.3 Å². The molecule has 1 aromatic heterocycles. The molecule has 1 heterocycles. The van der Waals surface area contributed by atoms with Crippen molar-refractivity contribution in [3.8, 4) is 5.69 Å². The van der Waals surface area contributed by atoms with Crippen LogP contribution in [0.1, 0.15) is 0 Å². The molecule has 2 aromatic rings. The van der Waals surface area contributed by atoms with Gasteiger partial charge in [-0.1, -0.05) is 11.6 Å². The molecule has 0 saturated heterocycles. The number of nitrogens with two attached hydrogens (primary N) is 1. The molecule has 14 heavy (non-hydrogen) atoms. The van der Waals surface area contributed by atoms with Gasteiger partial charge in [-0.3, -0.25) is 4.57 Å². The Hall–Kier alpha value is -1.68. The van der Waals surface area contributed by atoms with Gasteiger partial charge in [-0.25, -0.2) is 4.79 Å². The van der Waals surface area contributed by atoms with Crippen molar-refractivity contribution < 1.29 is 0 Å². The number of hydrogen-bond donors (Lipinski definition) is 2. The van der Waals surface area contributed by atoms with E-state index in [1.54, 1.807) is 30.6 Å². The van der Waals surface area contributed by atoms with Crippen LogP contribution in [-0.4, -0.2) is 9.55 Å². The van der Waals surface area contributed by atoms with Gasteiger partial charge in [-0.2, -0.15) is 0 Å². The zero-order valence-electron chi connectivity index (χ0n) is 7.20. The van der Waals surface area contributed by atoms with Gasteiger partial charge < -0.3 is 10.7 Å². The summed E-state index contributed by atoms with van der Waals surface area (Å²) in [6, 6.07) is 5.00. The Bertz CT molecular complexity index is 515. The minimum Gasteiger partial charge on any atom is -0.397 e. The predicted molar refractivity (Wildman–Crippen MR) is 55.8 cm³/mol. The number of hydrogen-bond acceptors (Lipinski definition) is 2. The predicted octanol–water partition coefficient (Wildman–Crippen LogP) is 1.40. The molecule has 1 aromatic carbocycles. The quantitative estimate of drug-likeness (QED) is 0.698. The highest BCUT2D eigenvalue weighted by Gasteiger charge is 2.04. The number of rotatable bonds is 1. The zero-order valence-corrected chi connectivity index (χ0v) is 7.95. The van der Waals surface area contributed by atoms with E-state index in [2.05, 4.69) is 4.98 Å². The second kappa shape index (κ2) is 3.23. The average molecular weight is 210 g/mol. The highest BCUT2D eigenvalue weighted by atomic mass is 35.5.